The molecule has 0 bridgehead atoms. The lowest BCUT2D eigenvalue weighted by atomic mass is 10.0. The number of nitrogens with zero attached hydrogens (tertiary/aromatic N) is 2. The maximum Gasteiger partial charge on any atom is 0.264 e. The summed E-state index contributed by atoms with van der Waals surface area (Å²) in [5.74, 6) is -0.845. The summed E-state index contributed by atoms with van der Waals surface area (Å²) in [6.45, 7) is 7.21. The van der Waals surface area contributed by atoms with E-state index in [1.807, 2.05) is 82.3 Å². The second-order valence-electron chi connectivity index (χ2n) is 11.4. The van der Waals surface area contributed by atoms with Crippen molar-refractivity contribution in [2.75, 3.05) is 10.8 Å². The molecule has 4 aromatic carbocycles. The molecule has 242 valence electrons. The van der Waals surface area contributed by atoms with Gasteiger partial charge in [-0.15, -0.1) is 0 Å². The molecule has 0 aromatic heterocycles. The van der Waals surface area contributed by atoms with Gasteiger partial charge in [0.1, 0.15) is 12.6 Å². The summed E-state index contributed by atoms with van der Waals surface area (Å²) in [4.78, 5) is 30.2. The highest BCUT2D eigenvalue weighted by atomic mass is 35.5. The summed E-state index contributed by atoms with van der Waals surface area (Å²) in [7, 11) is -4.18. The van der Waals surface area contributed by atoms with E-state index in [1.165, 1.54) is 9.21 Å². The number of carbonyl (C=O) groups excluding carboxylic acids is 2. The van der Waals surface area contributed by atoms with E-state index < -0.39 is 28.5 Å². The fourth-order valence-corrected chi connectivity index (χ4v) is 6.86. The van der Waals surface area contributed by atoms with Crippen LogP contribution in [0.5, 0.6) is 0 Å². The van der Waals surface area contributed by atoms with Crippen LogP contribution in [-0.2, 0) is 39.0 Å². The average molecular weight is 660 g/mol. The third-order valence-corrected chi connectivity index (χ3v) is 10.2. The fraction of sp³-hybridized carbons (Fsp3) is 0.297. The van der Waals surface area contributed by atoms with Crippen molar-refractivity contribution in [2.24, 2.45) is 0 Å². The average Bonchev–Trinajstić information content (AvgIpc) is 3.06. The number of para-hydroxylation sites is 1. The van der Waals surface area contributed by atoms with Gasteiger partial charge in [-0.1, -0.05) is 110 Å². The smallest absolute Gasteiger partial charge is 0.264 e. The largest absolute Gasteiger partial charge is 0.352 e. The van der Waals surface area contributed by atoms with E-state index in [2.05, 4.69) is 5.32 Å². The van der Waals surface area contributed by atoms with Crippen molar-refractivity contribution in [3.05, 3.63) is 130 Å². The van der Waals surface area contributed by atoms with Gasteiger partial charge in [0.25, 0.3) is 10.0 Å². The Morgan fingerprint density at radius 2 is 1.43 bits per heavy atom. The number of benzene rings is 4. The third kappa shape index (κ3) is 8.56. The van der Waals surface area contributed by atoms with Crippen LogP contribution in [0.1, 0.15) is 49.4 Å². The van der Waals surface area contributed by atoms with E-state index >= 15 is 0 Å². The van der Waals surface area contributed by atoms with E-state index in [9.17, 15) is 18.0 Å². The van der Waals surface area contributed by atoms with Gasteiger partial charge in [0.2, 0.25) is 11.8 Å². The lowest BCUT2D eigenvalue weighted by molar-refractivity contribution is -0.140. The van der Waals surface area contributed by atoms with Gasteiger partial charge < -0.3 is 10.2 Å². The summed E-state index contributed by atoms with van der Waals surface area (Å²) in [6.07, 6.45) is 1.50. The van der Waals surface area contributed by atoms with Gasteiger partial charge in [0, 0.05) is 24.0 Å². The zero-order valence-electron chi connectivity index (χ0n) is 26.8. The molecule has 0 saturated carbocycles. The number of carbonyl (C=O) groups is 2. The molecule has 0 spiro atoms. The first-order valence-corrected chi connectivity index (χ1v) is 17.4. The van der Waals surface area contributed by atoms with Crippen molar-refractivity contribution in [1.29, 1.82) is 0 Å². The minimum Gasteiger partial charge on any atom is -0.352 e. The van der Waals surface area contributed by atoms with Crippen molar-refractivity contribution in [2.45, 2.75) is 70.5 Å². The van der Waals surface area contributed by atoms with E-state index in [4.69, 9.17) is 11.6 Å². The quantitative estimate of drug-likeness (QED) is 0.159. The second-order valence-corrected chi connectivity index (χ2v) is 13.7. The maximum absolute atomic E-state index is 14.7. The first-order valence-electron chi connectivity index (χ1n) is 15.6. The van der Waals surface area contributed by atoms with Gasteiger partial charge in [0.05, 0.1) is 10.6 Å². The van der Waals surface area contributed by atoms with Gasteiger partial charge in [-0.2, -0.15) is 0 Å². The van der Waals surface area contributed by atoms with E-state index in [0.717, 1.165) is 16.7 Å². The van der Waals surface area contributed by atoms with Crippen LogP contribution in [0.25, 0.3) is 0 Å². The Balaban J connectivity index is 1.84. The molecule has 4 aromatic rings. The minimum absolute atomic E-state index is 0.0117. The van der Waals surface area contributed by atoms with Crippen LogP contribution < -0.4 is 9.62 Å². The molecule has 46 heavy (non-hydrogen) atoms. The number of halogens is 1. The number of anilines is 1. The molecule has 2 amide bonds. The molecule has 0 heterocycles. The number of aryl methyl sites for hydroxylation is 2. The van der Waals surface area contributed by atoms with Gasteiger partial charge in [-0.3, -0.25) is 13.9 Å². The molecule has 0 aliphatic carbocycles. The SMILES string of the molecule is CCc1ccccc1N(CC(=O)N(Cc1ccccc1Cl)[C@@H](Cc1ccccc1)C(=O)N[C@H](C)CC)S(=O)(=O)c1ccc(C)cc1. The Morgan fingerprint density at radius 1 is 0.826 bits per heavy atom. The molecule has 4 rings (SSSR count). The van der Waals surface area contributed by atoms with Crippen LogP contribution in [0.2, 0.25) is 5.02 Å². The van der Waals surface area contributed by atoms with Crippen molar-refractivity contribution < 1.29 is 18.0 Å². The molecular weight excluding hydrogens is 618 g/mol. The Labute approximate surface area is 278 Å². The molecule has 0 aliphatic rings. The highest BCUT2D eigenvalue weighted by Crippen LogP contribution is 2.29. The van der Waals surface area contributed by atoms with E-state index in [-0.39, 0.29) is 29.8 Å². The normalized spacial score (nSPS) is 12.6. The lowest BCUT2D eigenvalue weighted by Gasteiger charge is -2.35. The van der Waals surface area contributed by atoms with Gasteiger partial charge in [-0.25, -0.2) is 8.42 Å². The Hall–Kier alpha value is -4.14. The Kier molecular flexibility index (Phi) is 12.0. The van der Waals surface area contributed by atoms with Crippen LogP contribution in [0.15, 0.2) is 108 Å². The molecular formula is C37H42ClN3O4S. The first-order chi connectivity index (χ1) is 22.0. The van der Waals surface area contributed by atoms with Crippen molar-refractivity contribution in [3.8, 4) is 0 Å². The summed E-state index contributed by atoms with van der Waals surface area (Å²) < 4.78 is 29.8. The summed E-state index contributed by atoms with van der Waals surface area (Å²) in [6, 6.07) is 29.3. The molecule has 0 saturated heterocycles. The lowest BCUT2D eigenvalue weighted by Crippen LogP contribution is -2.54. The fourth-order valence-electron chi connectivity index (χ4n) is 5.21. The summed E-state index contributed by atoms with van der Waals surface area (Å²) in [5, 5.41) is 3.50. The standard InChI is InChI=1S/C37H42ClN3O4S/c1-5-28(4)39-37(43)35(24-29-14-8-7-9-15-29)40(25-31-17-10-12-18-33(31)38)36(42)26-41(34-19-13-11-16-30(34)6-2)46(44,45)32-22-20-27(3)21-23-32/h7-23,28,35H,5-6,24-26H2,1-4H3,(H,39,43)/t28-,35+/m1/s1. The summed E-state index contributed by atoms with van der Waals surface area (Å²) >= 11 is 6.59. The van der Waals surface area contributed by atoms with Crippen LogP contribution in [0, 0.1) is 6.92 Å². The third-order valence-electron chi connectivity index (χ3n) is 8.10. The molecule has 0 unspecified atom stereocenters. The number of amides is 2. The van der Waals surface area contributed by atoms with Crippen LogP contribution in [0.3, 0.4) is 0 Å². The number of hydrogen-bond donors (Lipinski definition) is 1. The number of hydrogen-bond acceptors (Lipinski definition) is 4. The van der Waals surface area contributed by atoms with Crippen LogP contribution >= 0.6 is 11.6 Å². The highest BCUT2D eigenvalue weighted by molar-refractivity contribution is 7.92. The second kappa shape index (κ2) is 15.9. The molecule has 7 nitrogen and oxygen atoms in total. The van der Waals surface area contributed by atoms with Crippen LogP contribution in [0.4, 0.5) is 5.69 Å². The van der Waals surface area contributed by atoms with Crippen molar-refractivity contribution in [3.63, 3.8) is 0 Å². The van der Waals surface area contributed by atoms with Gasteiger partial charge in [-0.05, 0) is 67.6 Å². The predicted molar refractivity (Wildman–Crippen MR) is 185 cm³/mol. The van der Waals surface area contributed by atoms with Crippen LogP contribution in [-0.4, -0.2) is 43.8 Å². The molecule has 9 heteroatoms. The minimum atomic E-state index is -4.18. The Morgan fingerprint density at radius 3 is 2.07 bits per heavy atom. The Bertz CT molecular complexity index is 1730. The molecule has 1 N–H and O–H groups in total. The molecule has 2 atom stereocenters. The summed E-state index contributed by atoms with van der Waals surface area (Å²) in [5.41, 5.74) is 3.62. The van der Waals surface area contributed by atoms with Gasteiger partial charge in [0.15, 0.2) is 0 Å². The predicted octanol–water partition coefficient (Wildman–Crippen LogP) is 6.96. The topological polar surface area (TPSA) is 86.8 Å². The van der Waals surface area contributed by atoms with E-state index in [0.29, 0.717) is 29.1 Å². The maximum atomic E-state index is 14.7. The molecule has 0 aliphatic heterocycles. The number of nitrogens with one attached hydrogen (secondary N) is 1. The molecule has 0 radical (unpaired) electrons. The molecule has 0 fully saturated rings. The highest BCUT2D eigenvalue weighted by Gasteiger charge is 2.35. The van der Waals surface area contributed by atoms with Crippen molar-refractivity contribution in [1.82, 2.24) is 10.2 Å². The zero-order valence-corrected chi connectivity index (χ0v) is 28.4. The number of sulfonamides is 1. The first kappa shape index (κ1) is 34.7. The zero-order chi connectivity index (χ0) is 33.3. The number of rotatable bonds is 14. The monoisotopic (exact) mass is 659 g/mol. The van der Waals surface area contributed by atoms with Gasteiger partial charge >= 0.3 is 0 Å². The van der Waals surface area contributed by atoms with E-state index in [1.54, 1.807) is 48.5 Å². The van der Waals surface area contributed by atoms with Crippen molar-refractivity contribution >= 4 is 39.1 Å².